The van der Waals surface area contributed by atoms with Crippen molar-refractivity contribution in [1.29, 1.82) is 0 Å². The lowest BCUT2D eigenvalue weighted by atomic mass is 10.1. The minimum absolute atomic E-state index is 0.177. The van der Waals surface area contributed by atoms with Crippen LogP contribution < -0.4 is 0 Å². The van der Waals surface area contributed by atoms with Crippen molar-refractivity contribution in [1.82, 2.24) is 9.88 Å². The molecule has 1 aromatic rings. The van der Waals surface area contributed by atoms with Gasteiger partial charge in [-0.25, -0.2) is 9.78 Å². The molecular weight excluding hydrogens is 336 g/mol. The number of amides is 1. The van der Waals surface area contributed by atoms with Gasteiger partial charge >= 0.3 is 5.97 Å². The number of carbonyl (C=O) groups is 2. The summed E-state index contributed by atoms with van der Waals surface area (Å²) in [5.41, 5.74) is -0.0678. The molecule has 0 bridgehead atoms. The maximum Gasteiger partial charge on any atom is 0.329 e. The molecule has 1 atom stereocenters. The molecule has 6 heteroatoms. The highest BCUT2D eigenvalue weighted by Gasteiger charge is 2.37. The number of nitrogens with zero attached hydrogens (tertiary/aromatic N) is 2. The molecule has 0 N–H and O–H groups in total. The van der Waals surface area contributed by atoms with Gasteiger partial charge in [0.05, 0.1) is 5.56 Å². The summed E-state index contributed by atoms with van der Waals surface area (Å²) < 4.78 is 6.07. The maximum absolute atomic E-state index is 12.5. The number of ether oxygens (including phenoxy) is 1. The van der Waals surface area contributed by atoms with Gasteiger partial charge in [0.25, 0.3) is 5.91 Å². The van der Waals surface area contributed by atoms with Crippen LogP contribution >= 0.6 is 15.9 Å². The molecule has 0 aliphatic carbocycles. The minimum Gasteiger partial charge on any atom is -0.458 e. The first kappa shape index (κ1) is 15.9. The molecule has 5 nitrogen and oxygen atoms in total. The zero-order valence-electron chi connectivity index (χ0n) is 12.4. The zero-order chi connectivity index (χ0) is 15.6. The quantitative estimate of drug-likeness (QED) is 0.605. The third-order valence-electron chi connectivity index (χ3n) is 3.17. The summed E-state index contributed by atoms with van der Waals surface area (Å²) in [6, 6.07) is 2.91. The lowest BCUT2D eigenvalue weighted by molar-refractivity contribution is -0.159. The van der Waals surface area contributed by atoms with E-state index in [-0.39, 0.29) is 11.9 Å². The minimum atomic E-state index is -0.548. The van der Waals surface area contributed by atoms with E-state index in [9.17, 15) is 9.59 Å². The first-order chi connectivity index (χ1) is 9.78. The number of carbonyl (C=O) groups excluding carboxylic acids is 2. The Balaban J connectivity index is 2.13. The van der Waals surface area contributed by atoms with Crippen LogP contribution in [0.25, 0.3) is 0 Å². The van der Waals surface area contributed by atoms with Gasteiger partial charge in [0, 0.05) is 12.7 Å². The number of aromatic nitrogens is 1. The molecule has 1 aliphatic heterocycles. The molecule has 1 aromatic heterocycles. The lowest BCUT2D eigenvalue weighted by Crippen LogP contribution is -2.43. The SMILES string of the molecule is CC(C)(C)OC(=O)[C@H]1CCCN1C(=O)c1ccc(Br)nc1. The Kier molecular flexibility index (Phi) is 4.66. The smallest absolute Gasteiger partial charge is 0.329 e. The number of hydrogen-bond acceptors (Lipinski definition) is 4. The fourth-order valence-electron chi connectivity index (χ4n) is 2.29. The summed E-state index contributed by atoms with van der Waals surface area (Å²) in [6.45, 7) is 6.04. The summed E-state index contributed by atoms with van der Waals surface area (Å²) in [6.07, 6.45) is 2.96. The van der Waals surface area contributed by atoms with Gasteiger partial charge in [0.15, 0.2) is 0 Å². The maximum atomic E-state index is 12.5. The molecule has 0 radical (unpaired) electrons. The molecule has 1 amide bonds. The lowest BCUT2D eigenvalue weighted by Gasteiger charge is -2.27. The molecule has 1 saturated heterocycles. The van der Waals surface area contributed by atoms with Crippen molar-refractivity contribution in [2.24, 2.45) is 0 Å². The second-order valence-electron chi connectivity index (χ2n) is 6.06. The summed E-state index contributed by atoms with van der Waals surface area (Å²) in [5, 5.41) is 0. The first-order valence-corrected chi connectivity index (χ1v) is 7.72. The van der Waals surface area contributed by atoms with Crippen LogP contribution in [-0.2, 0) is 9.53 Å². The summed E-state index contributed by atoms with van der Waals surface area (Å²) >= 11 is 3.24. The highest BCUT2D eigenvalue weighted by Crippen LogP contribution is 2.23. The van der Waals surface area contributed by atoms with Crippen LogP contribution in [0.5, 0.6) is 0 Å². The van der Waals surface area contributed by atoms with Crippen LogP contribution in [-0.4, -0.2) is 39.9 Å². The van der Waals surface area contributed by atoms with E-state index in [0.717, 1.165) is 6.42 Å². The van der Waals surface area contributed by atoms with E-state index in [0.29, 0.717) is 23.1 Å². The van der Waals surface area contributed by atoms with Gasteiger partial charge in [-0.05, 0) is 61.7 Å². The number of likely N-dealkylation sites (tertiary alicyclic amines) is 1. The van der Waals surface area contributed by atoms with Crippen LogP contribution in [0.1, 0.15) is 44.0 Å². The fraction of sp³-hybridized carbons (Fsp3) is 0.533. The van der Waals surface area contributed by atoms with Crippen molar-refractivity contribution in [3.8, 4) is 0 Å². The van der Waals surface area contributed by atoms with Gasteiger partial charge in [-0.15, -0.1) is 0 Å². The molecule has 1 fully saturated rings. The van der Waals surface area contributed by atoms with Crippen molar-refractivity contribution in [2.45, 2.75) is 45.3 Å². The largest absolute Gasteiger partial charge is 0.458 e. The van der Waals surface area contributed by atoms with E-state index in [1.807, 2.05) is 20.8 Å². The van der Waals surface area contributed by atoms with E-state index in [1.54, 1.807) is 17.0 Å². The Morgan fingerprint density at radius 3 is 2.67 bits per heavy atom. The Morgan fingerprint density at radius 2 is 2.10 bits per heavy atom. The molecule has 0 unspecified atom stereocenters. The molecule has 2 rings (SSSR count). The molecule has 0 spiro atoms. The van der Waals surface area contributed by atoms with Crippen molar-refractivity contribution >= 4 is 27.8 Å². The number of halogens is 1. The molecular formula is C15H19BrN2O3. The van der Waals surface area contributed by atoms with Crippen molar-refractivity contribution in [3.63, 3.8) is 0 Å². The molecule has 2 heterocycles. The van der Waals surface area contributed by atoms with Crippen LogP contribution in [0.2, 0.25) is 0 Å². The molecule has 0 aromatic carbocycles. The van der Waals surface area contributed by atoms with Crippen LogP contribution in [0.3, 0.4) is 0 Å². The van der Waals surface area contributed by atoms with E-state index >= 15 is 0 Å². The predicted octanol–water partition coefficient (Wildman–Crippen LogP) is 2.79. The summed E-state index contributed by atoms with van der Waals surface area (Å²) in [7, 11) is 0. The van der Waals surface area contributed by atoms with Gasteiger partial charge < -0.3 is 9.64 Å². The average molecular weight is 355 g/mol. The fourth-order valence-corrected chi connectivity index (χ4v) is 2.53. The van der Waals surface area contributed by atoms with Crippen molar-refractivity contribution < 1.29 is 14.3 Å². The average Bonchev–Trinajstić information content (AvgIpc) is 2.86. The van der Waals surface area contributed by atoms with Crippen molar-refractivity contribution in [3.05, 3.63) is 28.5 Å². The van der Waals surface area contributed by atoms with E-state index in [1.165, 1.54) is 6.20 Å². The normalized spacial score (nSPS) is 18.7. The molecule has 1 aliphatic rings. The van der Waals surface area contributed by atoms with Crippen molar-refractivity contribution in [2.75, 3.05) is 6.54 Å². The van der Waals surface area contributed by atoms with Gasteiger partial charge in [0.2, 0.25) is 0 Å². The highest BCUT2D eigenvalue weighted by molar-refractivity contribution is 9.10. The Morgan fingerprint density at radius 1 is 1.38 bits per heavy atom. The summed E-state index contributed by atoms with van der Waals surface area (Å²) in [4.78, 5) is 30.4. The van der Waals surface area contributed by atoms with E-state index in [2.05, 4.69) is 20.9 Å². The van der Waals surface area contributed by atoms with Crippen LogP contribution in [0.4, 0.5) is 0 Å². The van der Waals surface area contributed by atoms with E-state index in [4.69, 9.17) is 4.74 Å². The second kappa shape index (κ2) is 6.13. The molecule has 21 heavy (non-hydrogen) atoms. The number of esters is 1. The highest BCUT2D eigenvalue weighted by atomic mass is 79.9. The summed E-state index contributed by atoms with van der Waals surface area (Å²) in [5.74, 6) is -0.512. The van der Waals surface area contributed by atoms with Crippen LogP contribution in [0, 0.1) is 0 Å². The van der Waals surface area contributed by atoms with Gasteiger partial charge in [-0.3, -0.25) is 4.79 Å². The predicted molar refractivity (Wildman–Crippen MR) is 81.8 cm³/mol. The monoisotopic (exact) mass is 354 g/mol. The molecule has 114 valence electrons. The Labute approximate surface area is 132 Å². The number of hydrogen-bond donors (Lipinski definition) is 0. The number of pyridine rings is 1. The van der Waals surface area contributed by atoms with Gasteiger partial charge in [0.1, 0.15) is 16.2 Å². The van der Waals surface area contributed by atoms with Gasteiger partial charge in [-0.1, -0.05) is 0 Å². The Bertz CT molecular complexity index is 537. The third-order valence-corrected chi connectivity index (χ3v) is 3.64. The molecule has 0 saturated carbocycles. The van der Waals surface area contributed by atoms with Gasteiger partial charge in [-0.2, -0.15) is 0 Å². The second-order valence-corrected chi connectivity index (χ2v) is 6.87. The topological polar surface area (TPSA) is 59.5 Å². The third kappa shape index (κ3) is 4.03. The standard InChI is InChI=1S/C15H19BrN2O3/c1-15(2,3)21-14(20)11-5-4-8-18(11)13(19)10-6-7-12(16)17-9-10/h6-7,9,11H,4-5,8H2,1-3H3/t11-/m1/s1. The zero-order valence-corrected chi connectivity index (χ0v) is 14.0. The van der Waals surface area contributed by atoms with E-state index < -0.39 is 11.6 Å². The Hall–Kier alpha value is -1.43. The first-order valence-electron chi connectivity index (χ1n) is 6.93. The van der Waals surface area contributed by atoms with Crippen LogP contribution in [0.15, 0.2) is 22.9 Å². The number of rotatable bonds is 2.